The molecule has 0 aliphatic carbocycles. The van der Waals surface area contributed by atoms with E-state index in [1.54, 1.807) is 19.9 Å². The number of hydrogen-bond acceptors (Lipinski definition) is 10. The van der Waals surface area contributed by atoms with Crippen molar-refractivity contribution < 1.29 is 28.0 Å². The van der Waals surface area contributed by atoms with Crippen molar-refractivity contribution in [3.63, 3.8) is 0 Å². The molecule has 2 aromatic heterocycles. The molecule has 4 aromatic rings. The summed E-state index contributed by atoms with van der Waals surface area (Å²) in [6.07, 6.45) is 0. The Morgan fingerprint density at radius 3 is 2.45 bits per heavy atom. The van der Waals surface area contributed by atoms with E-state index >= 15 is 0 Å². The number of anilines is 4. The van der Waals surface area contributed by atoms with Crippen LogP contribution in [0.5, 0.6) is 5.75 Å². The molecule has 0 fully saturated rings. The van der Waals surface area contributed by atoms with Crippen LogP contribution < -0.4 is 26.4 Å². The number of benzene rings is 2. The van der Waals surface area contributed by atoms with Gasteiger partial charge in [-0.2, -0.15) is 0 Å². The van der Waals surface area contributed by atoms with E-state index in [0.717, 1.165) is 11.3 Å². The van der Waals surface area contributed by atoms with Gasteiger partial charge in [0.05, 0.1) is 5.69 Å². The van der Waals surface area contributed by atoms with Gasteiger partial charge in [0.15, 0.2) is 11.7 Å². The number of primary amides is 1. The maximum Gasteiger partial charge on any atom is 0.264 e. The minimum Gasteiger partial charge on any atom is -0.484 e. The van der Waals surface area contributed by atoms with Gasteiger partial charge in [0, 0.05) is 17.3 Å². The molecule has 0 saturated carbocycles. The molecule has 0 bridgehead atoms. The lowest BCUT2D eigenvalue weighted by Gasteiger charge is -2.26. The largest absolute Gasteiger partial charge is 0.484 e. The minimum atomic E-state index is -0.851. The van der Waals surface area contributed by atoms with Crippen LogP contribution in [-0.2, 0) is 9.59 Å². The van der Waals surface area contributed by atoms with Crippen LogP contribution in [-0.4, -0.2) is 40.4 Å². The van der Waals surface area contributed by atoms with Crippen LogP contribution in [0.2, 0.25) is 0 Å². The van der Waals surface area contributed by atoms with Crippen LogP contribution in [0.3, 0.4) is 0 Å². The molecule has 0 aliphatic heterocycles. The number of aromatic nitrogens is 2. The summed E-state index contributed by atoms with van der Waals surface area (Å²) in [4.78, 5) is 43.1. The highest BCUT2D eigenvalue weighted by Gasteiger charge is 2.27. The van der Waals surface area contributed by atoms with Gasteiger partial charge in [-0.3, -0.25) is 19.7 Å². The fourth-order valence-electron chi connectivity index (χ4n) is 3.39. The second-order valence-corrected chi connectivity index (χ2v) is 9.14. The zero-order chi connectivity index (χ0) is 27.4. The van der Waals surface area contributed by atoms with Crippen molar-refractivity contribution in [2.45, 2.75) is 19.9 Å². The number of aryl methyl sites for hydroxylation is 1. The summed E-state index contributed by atoms with van der Waals surface area (Å²) in [5.74, 6) is -1.39. The van der Waals surface area contributed by atoms with Crippen molar-refractivity contribution in [3.8, 4) is 5.75 Å². The van der Waals surface area contributed by atoms with E-state index < -0.39 is 29.5 Å². The first kappa shape index (κ1) is 26.3. The zero-order valence-corrected chi connectivity index (χ0v) is 21.1. The maximum absolute atomic E-state index is 13.5. The molecule has 11 nitrogen and oxygen atoms in total. The van der Waals surface area contributed by atoms with Crippen molar-refractivity contribution >= 4 is 51.5 Å². The number of carbonyl (C=O) groups is 3. The molecule has 2 amide bonds. The third-order valence-corrected chi connectivity index (χ3v) is 6.40. The fourth-order valence-corrected chi connectivity index (χ4v) is 4.44. The monoisotopic (exact) mass is 538 g/mol. The molecule has 0 saturated heterocycles. The maximum atomic E-state index is 13.5. The SMILES string of the molecule is Cc1cc(NC(=O)COc2ccc(C(=O)c3sc(N(c4ccc(F)cc4)[C@H](C)C(N)=O)nc3N)cc2)on1. The minimum absolute atomic E-state index is 0.0292. The second kappa shape index (κ2) is 11.1. The Morgan fingerprint density at radius 2 is 1.84 bits per heavy atom. The van der Waals surface area contributed by atoms with Crippen LogP contribution in [0.15, 0.2) is 59.1 Å². The van der Waals surface area contributed by atoms with E-state index in [1.165, 1.54) is 53.4 Å². The molecule has 5 N–H and O–H groups in total. The normalized spacial score (nSPS) is 11.6. The van der Waals surface area contributed by atoms with Gasteiger partial charge >= 0.3 is 0 Å². The zero-order valence-electron chi connectivity index (χ0n) is 20.3. The summed E-state index contributed by atoms with van der Waals surface area (Å²) in [6, 6.07) is 12.3. The Hall–Kier alpha value is -4.78. The molecular weight excluding hydrogens is 515 g/mol. The number of rotatable bonds is 10. The predicted molar refractivity (Wildman–Crippen MR) is 139 cm³/mol. The third kappa shape index (κ3) is 5.95. The summed E-state index contributed by atoms with van der Waals surface area (Å²) in [5.41, 5.74) is 13.0. The first-order valence-electron chi connectivity index (χ1n) is 11.2. The van der Waals surface area contributed by atoms with Gasteiger partial charge in [-0.05, 0) is 62.4 Å². The molecule has 0 aliphatic rings. The summed E-state index contributed by atoms with van der Waals surface area (Å²) in [6.45, 7) is 3.01. The number of nitrogens with two attached hydrogens (primary N) is 2. The van der Waals surface area contributed by atoms with Gasteiger partial charge in [-0.1, -0.05) is 16.5 Å². The number of carbonyl (C=O) groups excluding carboxylic acids is 3. The van der Waals surface area contributed by atoms with Gasteiger partial charge in [-0.15, -0.1) is 0 Å². The van der Waals surface area contributed by atoms with E-state index in [2.05, 4.69) is 15.5 Å². The van der Waals surface area contributed by atoms with Gasteiger partial charge < -0.3 is 25.6 Å². The van der Waals surface area contributed by atoms with Gasteiger partial charge in [0.1, 0.15) is 28.3 Å². The Labute approximate surface area is 220 Å². The standard InChI is InChI=1S/C25H23FN6O5S/c1-13-11-20(37-31-13)29-19(33)12-36-18-9-3-15(4-10-18)21(34)22-23(27)30-25(38-22)32(14(2)24(28)35)17-7-5-16(26)6-8-17/h3-11,14H,12,27H2,1-2H3,(H2,28,35)(H,29,33)/t14-/m1/s1. The quantitative estimate of drug-likeness (QED) is 0.256. The number of amides is 2. The lowest BCUT2D eigenvalue weighted by molar-refractivity contribution is -0.119. The van der Waals surface area contributed by atoms with Crippen molar-refractivity contribution in [1.29, 1.82) is 0 Å². The van der Waals surface area contributed by atoms with Crippen LogP contribution in [0, 0.1) is 12.7 Å². The van der Waals surface area contributed by atoms with E-state index in [1.807, 2.05) is 0 Å². The summed E-state index contributed by atoms with van der Waals surface area (Å²) in [7, 11) is 0. The van der Waals surface area contributed by atoms with Crippen LogP contribution in [0.4, 0.5) is 26.9 Å². The highest BCUT2D eigenvalue weighted by Crippen LogP contribution is 2.36. The number of nitrogen functional groups attached to an aromatic ring is 1. The molecule has 0 spiro atoms. The van der Waals surface area contributed by atoms with Gasteiger partial charge in [0.25, 0.3) is 5.91 Å². The lowest BCUT2D eigenvalue weighted by Crippen LogP contribution is -2.39. The third-order valence-electron chi connectivity index (χ3n) is 5.34. The molecular formula is C25H23FN6O5S. The first-order valence-corrected chi connectivity index (χ1v) is 12.0. The fraction of sp³-hybridized carbons (Fsp3) is 0.160. The van der Waals surface area contributed by atoms with E-state index in [-0.39, 0.29) is 28.3 Å². The van der Waals surface area contributed by atoms with Crippen molar-refractivity contribution in [2.75, 3.05) is 22.6 Å². The summed E-state index contributed by atoms with van der Waals surface area (Å²) in [5, 5.41) is 6.44. The average molecular weight is 539 g/mol. The topological polar surface area (TPSA) is 167 Å². The van der Waals surface area contributed by atoms with Crippen LogP contribution in [0.1, 0.15) is 27.9 Å². The Morgan fingerprint density at radius 1 is 1.16 bits per heavy atom. The predicted octanol–water partition coefficient (Wildman–Crippen LogP) is 3.42. The summed E-state index contributed by atoms with van der Waals surface area (Å²) >= 11 is 0.977. The number of ketones is 1. The molecule has 2 aromatic carbocycles. The van der Waals surface area contributed by atoms with Gasteiger partial charge in [-0.25, -0.2) is 9.37 Å². The molecule has 4 rings (SSSR count). The number of halogens is 1. The van der Waals surface area contributed by atoms with Gasteiger partial charge in [0.2, 0.25) is 17.6 Å². The summed E-state index contributed by atoms with van der Waals surface area (Å²) < 4.78 is 23.8. The Bertz CT molecular complexity index is 1470. The number of nitrogens with zero attached hydrogens (tertiary/aromatic N) is 3. The highest BCUT2D eigenvalue weighted by atomic mass is 32.1. The van der Waals surface area contributed by atoms with Crippen LogP contribution in [0.25, 0.3) is 0 Å². The molecule has 0 radical (unpaired) electrons. The molecule has 0 unspecified atom stereocenters. The molecule has 1 atom stereocenters. The van der Waals surface area contributed by atoms with Crippen LogP contribution >= 0.6 is 11.3 Å². The average Bonchev–Trinajstić information content (AvgIpc) is 3.48. The molecule has 13 heteroatoms. The number of ether oxygens (including phenoxy) is 1. The number of nitrogens with one attached hydrogen (secondary N) is 1. The van der Waals surface area contributed by atoms with E-state index in [9.17, 15) is 18.8 Å². The Balaban J connectivity index is 1.48. The van der Waals surface area contributed by atoms with Crippen molar-refractivity contribution in [3.05, 3.63) is 76.5 Å². The number of hydrogen-bond donors (Lipinski definition) is 3. The second-order valence-electron chi connectivity index (χ2n) is 8.16. The van der Waals surface area contributed by atoms with E-state index in [4.69, 9.17) is 20.7 Å². The van der Waals surface area contributed by atoms with Crippen molar-refractivity contribution in [2.24, 2.45) is 5.73 Å². The first-order chi connectivity index (χ1) is 18.1. The molecule has 38 heavy (non-hydrogen) atoms. The smallest absolute Gasteiger partial charge is 0.264 e. The highest BCUT2D eigenvalue weighted by molar-refractivity contribution is 7.18. The lowest BCUT2D eigenvalue weighted by atomic mass is 10.1. The van der Waals surface area contributed by atoms with E-state index in [0.29, 0.717) is 22.7 Å². The van der Waals surface area contributed by atoms with Crippen molar-refractivity contribution in [1.82, 2.24) is 10.1 Å². The molecule has 2 heterocycles. The number of thiazole rings is 1. The Kier molecular flexibility index (Phi) is 7.67. The molecule has 196 valence electrons.